The van der Waals surface area contributed by atoms with E-state index >= 15 is 0 Å². The van der Waals surface area contributed by atoms with Gasteiger partial charge < -0.3 is 10.1 Å². The monoisotopic (exact) mass is 248 g/mol. The molecule has 8 nitrogen and oxygen atoms in total. The van der Waals surface area contributed by atoms with Gasteiger partial charge in [-0.2, -0.15) is 5.21 Å². The molecule has 0 radical (unpaired) electrons. The molecule has 1 amide bonds. The van der Waals surface area contributed by atoms with Crippen LogP contribution in [0.15, 0.2) is 18.3 Å². The van der Waals surface area contributed by atoms with Crippen LogP contribution in [0.5, 0.6) is 5.88 Å². The molecule has 0 fully saturated rings. The average Bonchev–Trinajstić information content (AvgIpc) is 2.92. The van der Waals surface area contributed by atoms with Gasteiger partial charge in [-0.3, -0.25) is 4.79 Å². The van der Waals surface area contributed by atoms with Crippen LogP contribution in [0, 0.1) is 0 Å². The maximum atomic E-state index is 12.0. The van der Waals surface area contributed by atoms with Gasteiger partial charge in [-0.15, -0.1) is 10.2 Å². The molecule has 0 aliphatic heterocycles. The summed E-state index contributed by atoms with van der Waals surface area (Å²) in [7, 11) is 1.46. The molecule has 0 aromatic carbocycles. The van der Waals surface area contributed by atoms with E-state index < -0.39 is 0 Å². The fourth-order valence-corrected chi connectivity index (χ4v) is 1.42. The summed E-state index contributed by atoms with van der Waals surface area (Å²) in [5.41, 5.74) is 0.357. The number of carbonyl (C=O) groups excluding carboxylic acids is 1. The lowest BCUT2D eigenvalue weighted by Gasteiger charge is -2.11. The highest BCUT2D eigenvalue weighted by Gasteiger charge is 2.17. The number of hydrogen-bond acceptors (Lipinski definition) is 6. The Hall–Kier alpha value is -2.51. The van der Waals surface area contributed by atoms with E-state index in [9.17, 15) is 4.79 Å². The number of aromatic nitrogens is 5. The summed E-state index contributed by atoms with van der Waals surface area (Å²) in [6.07, 6.45) is 1.55. The van der Waals surface area contributed by atoms with Gasteiger partial charge in [-0.05, 0) is 19.1 Å². The second kappa shape index (κ2) is 5.21. The van der Waals surface area contributed by atoms with E-state index in [1.54, 1.807) is 25.3 Å². The molecule has 0 aliphatic carbocycles. The summed E-state index contributed by atoms with van der Waals surface area (Å²) >= 11 is 0. The SMILES string of the molecule is COc1ncccc1C(=O)NC(C)c1nn[nH]n1. The molecule has 0 aliphatic rings. The number of methoxy groups -OCH3 is 1. The number of aromatic amines is 1. The van der Waals surface area contributed by atoms with E-state index in [2.05, 4.69) is 30.9 Å². The summed E-state index contributed by atoms with van der Waals surface area (Å²) < 4.78 is 5.02. The summed E-state index contributed by atoms with van der Waals surface area (Å²) in [6, 6.07) is 2.93. The Morgan fingerprint density at radius 1 is 1.56 bits per heavy atom. The lowest BCUT2D eigenvalue weighted by molar-refractivity contribution is 0.0934. The zero-order chi connectivity index (χ0) is 13.0. The van der Waals surface area contributed by atoms with Gasteiger partial charge in [0.05, 0.1) is 13.2 Å². The standard InChI is InChI=1S/C10H12N6O2/c1-6(8-13-15-16-14-8)12-9(17)7-4-3-5-11-10(7)18-2/h3-6H,1-2H3,(H,12,17)(H,13,14,15,16). The molecule has 0 bridgehead atoms. The van der Waals surface area contributed by atoms with Gasteiger partial charge >= 0.3 is 0 Å². The zero-order valence-corrected chi connectivity index (χ0v) is 9.91. The number of tetrazole rings is 1. The summed E-state index contributed by atoms with van der Waals surface area (Å²) in [6.45, 7) is 1.76. The van der Waals surface area contributed by atoms with E-state index in [0.29, 0.717) is 11.4 Å². The number of hydrogen-bond donors (Lipinski definition) is 2. The maximum absolute atomic E-state index is 12.0. The minimum absolute atomic E-state index is 0.273. The van der Waals surface area contributed by atoms with Gasteiger partial charge in [0.2, 0.25) is 5.88 Å². The van der Waals surface area contributed by atoms with Crippen molar-refractivity contribution in [3.05, 3.63) is 29.7 Å². The third kappa shape index (κ3) is 2.42. The van der Waals surface area contributed by atoms with Crippen molar-refractivity contribution in [1.29, 1.82) is 0 Å². The van der Waals surface area contributed by atoms with Crippen LogP contribution in [0.4, 0.5) is 0 Å². The Morgan fingerprint density at radius 2 is 2.39 bits per heavy atom. The van der Waals surface area contributed by atoms with Crippen molar-refractivity contribution >= 4 is 5.91 Å². The normalized spacial score (nSPS) is 11.9. The van der Waals surface area contributed by atoms with Crippen molar-refractivity contribution in [3.8, 4) is 5.88 Å². The van der Waals surface area contributed by atoms with Crippen LogP contribution in [0.3, 0.4) is 0 Å². The van der Waals surface area contributed by atoms with E-state index in [4.69, 9.17) is 4.74 Å². The number of amides is 1. The molecule has 2 aromatic rings. The topological polar surface area (TPSA) is 106 Å². The predicted molar refractivity (Wildman–Crippen MR) is 60.8 cm³/mol. The van der Waals surface area contributed by atoms with Crippen molar-refractivity contribution in [2.75, 3.05) is 7.11 Å². The van der Waals surface area contributed by atoms with Crippen molar-refractivity contribution in [2.45, 2.75) is 13.0 Å². The first-order valence-corrected chi connectivity index (χ1v) is 5.25. The van der Waals surface area contributed by atoms with Crippen LogP contribution in [0.25, 0.3) is 0 Å². The first-order valence-electron chi connectivity index (χ1n) is 5.25. The number of ether oxygens (including phenoxy) is 1. The van der Waals surface area contributed by atoms with Crippen LogP contribution in [0.2, 0.25) is 0 Å². The fourth-order valence-electron chi connectivity index (χ4n) is 1.42. The quantitative estimate of drug-likeness (QED) is 0.794. The number of H-pyrrole nitrogens is 1. The van der Waals surface area contributed by atoms with E-state index in [1.165, 1.54) is 7.11 Å². The van der Waals surface area contributed by atoms with Gasteiger partial charge in [0, 0.05) is 6.20 Å². The third-order valence-electron chi connectivity index (χ3n) is 2.31. The van der Waals surface area contributed by atoms with Gasteiger partial charge in [0.15, 0.2) is 5.82 Å². The first kappa shape index (κ1) is 12.0. The Bertz CT molecular complexity index is 527. The van der Waals surface area contributed by atoms with Gasteiger partial charge in [0.25, 0.3) is 5.91 Å². The number of pyridine rings is 1. The summed E-state index contributed by atoms with van der Waals surface area (Å²) in [5, 5.41) is 16.1. The zero-order valence-electron chi connectivity index (χ0n) is 9.91. The average molecular weight is 248 g/mol. The Labute approximate surface area is 103 Å². The van der Waals surface area contributed by atoms with Gasteiger partial charge in [-0.25, -0.2) is 4.98 Å². The van der Waals surface area contributed by atoms with E-state index in [1.807, 2.05) is 0 Å². The van der Waals surface area contributed by atoms with Crippen LogP contribution in [-0.2, 0) is 0 Å². The number of nitrogens with one attached hydrogen (secondary N) is 2. The van der Waals surface area contributed by atoms with Gasteiger partial charge in [-0.1, -0.05) is 5.21 Å². The molecule has 2 N–H and O–H groups in total. The molecule has 18 heavy (non-hydrogen) atoms. The number of nitrogens with zero attached hydrogens (tertiary/aromatic N) is 4. The van der Waals surface area contributed by atoms with Crippen LogP contribution in [-0.4, -0.2) is 38.6 Å². The molecule has 1 atom stereocenters. The van der Waals surface area contributed by atoms with Crippen molar-refractivity contribution in [1.82, 2.24) is 30.9 Å². The minimum atomic E-state index is -0.360. The molecule has 1 unspecified atom stereocenters. The number of rotatable bonds is 4. The van der Waals surface area contributed by atoms with Crippen LogP contribution in [0.1, 0.15) is 29.1 Å². The molecule has 0 saturated heterocycles. The predicted octanol–water partition coefficient (Wildman–Crippen LogP) is 0.0943. The molecular formula is C10H12N6O2. The van der Waals surface area contributed by atoms with E-state index in [0.717, 1.165) is 0 Å². The highest BCUT2D eigenvalue weighted by molar-refractivity contribution is 5.96. The minimum Gasteiger partial charge on any atom is -0.480 e. The second-order valence-corrected chi connectivity index (χ2v) is 3.53. The maximum Gasteiger partial charge on any atom is 0.257 e. The second-order valence-electron chi connectivity index (χ2n) is 3.53. The molecule has 0 saturated carbocycles. The smallest absolute Gasteiger partial charge is 0.257 e. The van der Waals surface area contributed by atoms with E-state index in [-0.39, 0.29) is 17.8 Å². The molecule has 94 valence electrons. The Balaban J connectivity index is 2.12. The largest absolute Gasteiger partial charge is 0.480 e. The lowest BCUT2D eigenvalue weighted by atomic mass is 10.2. The summed E-state index contributed by atoms with van der Waals surface area (Å²) in [4.78, 5) is 16.0. The Morgan fingerprint density at radius 3 is 3.06 bits per heavy atom. The molecule has 2 rings (SSSR count). The molecule has 2 aromatic heterocycles. The molecule has 2 heterocycles. The van der Waals surface area contributed by atoms with Gasteiger partial charge in [0.1, 0.15) is 5.56 Å². The molecule has 8 heteroatoms. The van der Waals surface area contributed by atoms with Crippen LogP contribution < -0.4 is 10.1 Å². The highest BCUT2D eigenvalue weighted by Crippen LogP contribution is 2.14. The molecule has 0 spiro atoms. The number of carbonyl (C=O) groups is 1. The van der Waals surface area contributed by atoms with Crippen molar-refractivity contribution in [2.24, 2.45) is 0 Å². The fraction of sp³-hybridized carbons (Fsp3) is 0.300. The lowest BCUT2D eigenvalue weighted by Crippen LogP contribution is -2.28. The van der Waals surface area contributed by atoms with Crippen molar-refractivity contribution in [3.63, 3.8) is 0 Å². The van der Waals surface area contributed by atoms with Crippen molar-refractivity contribution < 1.29 is 9.53 Å². The Kier molecular flexibility index (Phi) is 3.46. The first-order chi connectivity index (χ1) is 8.72. The third-order valence-corrected chi connectivity index (χ3v) is 2.31. The van der Waals surface area contributed by atoms with Crippen LogP contribution >= 0.6 is 0 Å². The summed E-state index contributed by atoms with van der Waals surface area (Å²) in [5.74, 6) is 0.374. The highest BCUT2D eigenvalue weighted by atomic mass is 16.5. The molecular weight excluding hydrogens is 236 g/mol.